The van der Waals surface area contributed by atoms with E-state index in [4.69, 9.17) is 4.74 Å². The largest absolute Gasteiger partial charge is 0.493 e. The van der Waals surface area contributed by atoms with Crippen molar-refractivity contribution in [1.82, 2.24) is 10.2 Å². The fourth-order valence-electron chi connectivity index (χ4n) is 3.74. The molecule has 1 aliphatic heterocycles. The average Bonchev–Trinajstić information content (AvgIpc) is 3.04. The lowest BCUT2D eigenvalue weighted by Gasteiger charge is -2.20. The van der Waals surface area contributed by atoms with E-state index >= 15 is 0 Å². The molecule has 1 fully saturated rings. The number of rotatable bonds is 3. The highest BCUT2D eigenvalue weighted by molar-refractivity contribution is 5.99. The standard InChI is InChI=1S/C23H22F2N2O2/c1-29-22-19(7-8-20(24)21(22)25)17-5-3-16-14-18(6-4-15(16)13-17)23(28)27-11-2-9-26-10-12-27/h3-8,13-14,26H,2,9-12H2,1H3. The van der Waals surface area contributed by atoms with Crippen molar-refractivity contribution in [3.63, 3.8) is 0 Å². The summed E-state index contributed by atoms with van der Waals surface area (Å²) >= 11 is 0. The maximum atomic E-state index is 14.1. The fourth-order valence-corrected chi connectivity index (χ4v) is 3.74. The second-order valence-corrected chi connectivity index (χ2v) is 7.11. The van der Waals surface area contributed by atoms with Gasteiger partial charge in [0, 0.05) is 30.8 Å². The molecule has 0 aromatic heterocycles. The normalized spacial score (nSPS) is 14.7. The van der Waals surface area contributed by atoms with Gasteiger partial charge in [0.1, 0.15) is 0 Å². The molecule has 0 spiro atoms. The molecule has 0 bridgehead atoms. The highest BCUT2D eigenvalue weighted by Gasteiger charge is 2.18. The van der Waals surface area contributed by atoms with Gasteiger partial charge in [-0.15, -0.1) is 0 Å². The number of fused-ring (bicyclic) bond motifs is 1. The van der Waals surface area contributed by atoms with E-state index in [1.54, 1.807) is 0 Å². The molecule has 150 valence electrons. The maximum absolute atomic E-state index is 14.1. The zero-order valence-corrected chi connectivity index (χ0v) is 16.2. The van der Waals surface area contributed by atoms with Crippen molar-refractivity contribution in [3.8, 4) is 16.9 Å². The topological polar surface area (TPSA) is 41.6 Å². The first-order valence-electron chi connectivity index (χ1n) is 9.64. The van der Waals surface area contributed by atoms with Crippen LogP contribution >= 0.6 is 0 Å². The zero-order chi connectivity index (χ0) is 20.4. The molecule has 29 heavy (non-hydrogen) atoms. The van der Waals surface area contributed by atoms with Crippen LogP contribution in [0.5, 0.6) is 5.75 Å². The van der Waals surface area contributed by atoms with Crippen LogP contribution in [0.4, 0.5) is 8.78 Å². The van der Waals surface area contributed by atoms with Crippen LogP contribution in [-0.4, -0.2) is 44.1 Å². The molecule has 1 amide bonds. The Balaban J connectivity index is 1.67. The summed E-state index contributed by atoms with van der Waals surface area (Å²) in [5, 5.41) is 5.11. The first-order chi connectivity index (χ1) is 14.1. The smallest absolute Gasteiger partial charge is 0.253 e. The van der Waals surface area contributed by atoms with Crippen LogP contribution in [0.15, 0.2) is 48.5 Å². The lowest BCUT2D eigenvalue weighted by Crippen LogP contribution is -2.34. The first kappa shape index (κ1) is 19.3. The van der Waals surface area contributed by atoms with Crippen molar-refractivity contribution in [2.75, 3.05) is 33.3 Å². The highest BCUT2D eigenvalue weighted by Crippen LogP contribution is 2.35. The van der Waals surface area contributed by atoms with E-state index in [2.05, 4.69) is 5.32 Å². The van der Waals surface area contributed by atoms with Crippen molar-refractivity contribution >= 4 is 16.7 Å². The Hall–Kier alpha value is -2.99. The van der Waals surface area contributed by atoms with Gasteiger partial charge in [0.25, 0.3) is 5.91 Å². The Morgan fingerprint density at radius 2 is 1.79 bits per heavy atom. The maximum Gasteiger partial charge on any atom is 0.253 e. The molecule has 0 aliphatic carbocycles. The third-order valence-electron chi connectivity index (χ3n) is 5.28. The summed E-state index contributed by atoms with van der Waals surface area (Å²) in [5.41, 5.74) is 1.84. The predicted octanol–water partition coefficient (Wildman–Crippen LogP) is 4.23. The monoisotopic (exact) mass is 396 g/mol. The fraction of sp³-hybridized carbons (Fsp3) is 0.261. The third kappa shape index (κ3) is 3.80. The molecule has 6 heteroatoms. The molecule has 3 aromatic carbocycles. The number of carbonyl (C=O) groups excluding carboxylic acids is 1. The van der Waals surface area contributed by atoms with Gasteiger partial charge in [-0.1, -0.05) is 18.2 Å². The Bertz CT molecular complexity index is 1060. The Labute approximate surface area is 168 Å². The van der Waals surface area contributed by atoms with Crippen LogP contribution in [0.3, 0.4) is 0 Å². The number of amides is 1. The summed E-state index contributed by atoms with van der Waals surface area (Å²) in [4.78, 5) is 14.7. The van der Waals surface area contributed by atoms with Gasteiger partial charge in [0.2, 0.25) is 5.82 Å². The Morgan fingerprint density at radius 3 is 2.62 bits per heavy atom. The van der Waals surface area contributed by atoms with Crippen molar-refractivity contribution in [2.45, 2.75) is 6.42 Å². The van der Waals surface area contributed by atoms with E-state index in [-0.39, 0.29) is 11.7 Å². The van der Waals surface area contributed by atoms with Gasteiger partial charge < -0.3 is 15.0 Å². The number of benzene rings is 3. The molecule has 1 N–H and O–H groups in total. The third-order valence-corrected chi connectivity index (χ3v) is 5.28. The molecular weight excluding hydrogens is 374 g/mol. The van der Waals surface area contributed by atoms with E-state index in [9.17, 15) is 13.6 Å². The molecule has 0 radical (unpaired) electrons. The van der Waals surface area contributed by atoms with Gasteiger partial charge in [-0.2, -0.15) is 4.39 Å². The molecular formula is C23H22F2N2O2. The van der Waals surface area contributed by atoms with Crippen LogP contribution in [0.25, 0.3) is 21.9 Å². The van der Waals surface area contributed by atoms with Gasteiger partial charge in [-0.3, -0.25) is 4.79 Å². The molecule has 3 aromatic rings. The predicted molar refractivity (Wildman–Crippen MR) is 109 cm³/mol. The molecule has 1 heterocycles. The molecule has 4 nitrogen and oxygen atoms in total. The van der Waals surface area contributed by atoms with E-state index in [0.717, 1.165) is 42.9 Å². The zero-order valence-electron chi connectivity index (χ0n) is 16.2. The summed E-state index contributed by atoms with van der Waals surface area (Å²) in [6, 6.07) is 13.8. The quantitative estimate of drug-likeness (QED) is 0.721. The number of hydrogen-bond donors (Lipinski definition) is 1. The van der Waals surface area contributed by atoms with Gasteiger partial charge in [-0.25, -0.2) is 4.39 Å². The number of halogens is 2. The second-order valence-electron chi connectivity index (χ2n) is 7.11. The summed E-state index contributed by atoms with van der Waals surface area (Å²) < 4.78 is 32.7. The second kappa shape index (κ2) is 8.17. The van der Waals surface area contributed by atoms with Gasteiger partial charge >= 0.3 is 0 Å². The van der Waals surface area contributed by atoms with Crippen LogP contribution in [0, 0.1) is 11.6 Å². The molecule has 0 atom stereocenters. The number of nitrogens with zero attached hydrogens (tertiary/aromatic N) is 1. The number of ether oxygens (including phenoxy) is 1. The summed E-state index contributed by atoms with van der Waals surface area (Å²) in [6.45, 7) is 3.18. The highest BCUT2D eigenvalue weighted by atomic mass is 19.2. The van der Waals surface area contributed by atoms with E-state index < -0.39 is 11.6 Å². The molecule has 1 saturated heterocycles. The minimum atomic E-state index is -1.00. The van der Waals surface area contributed by atoms with E-state index in [1.165, 1.54) is 13.2 Å². The lowest BCUT2D eigenvalue weighted by molar-refractivity contribution is 0.0766. The minimum absolute atomic E-state index is 0.0296. The molecule has 0 unspecified atom stereocenters. The Morgan fingerprint density at radius 1 is 1.00 bits per heavy atom. The number of carbonyl (C=O) groups is 1. The molecule has 0 saturated carbocycles. The average molecular weight is 396 g/mol. The van der Waals surface area contributed by atoms with E-state index in [0.29, 0.717) is 23.2 Å². The minimum Gasteiger partial charge on any atom is -0.493 e. The van der Waals surface area contributed by atoms with Crippen LogP contribution in [0.2, 0.25) is 0 Å². The van der Waals surface area contributed by atoms with Crippen molar-refractivity contribution in [2.24, 2.45) is 0 Å². The SMILES string of the molecule is COc1c(-c2ccc3cc(C(=O)N4CCCNCC4)ccc3c2)ccc(F)c1F. The summed E-state index contributed by atoms with van der Waals surface area (Å²) in [7, 11) is 1.32. The van der Waals surface area contributed by atoms with Crippen molar-refractivity contribution < 1.29 is 18.3 Å². The van der Waals surface area contributed by atoms with Gasteiger partial charge in [0.05, 0.1) is 7.11 Å². The van der Waals surface area contributed by atoms with Crippen LogP contribution in [-0.2, 0) is 0 Å². The van der Waals surface area contributed by atoms with Crippen molar-refractivity contribution in [3.05, 3.63) is 65.7 Å². The van der Waals surface area contributed by atoms with Crippen LogP contribution < -0.4 is 10.1 Å². The van der Waals surface area contributed by atoms with Gasteiger partial charge in [0.15, 0.2) is 11.6 Å². The Kier molecular flexibility index (Phi) is 5.45. The summed E-state index contributed by atoms with van der Waals surface area (Å²) in [5.74, 6) is -2.04. The number of nitrogens with one attached hydrogen (secondary N) is 1. The summed E-state index contributed by atoms with van der Waals surface area (Å²) in [6.07, 6.45) is 0.943. The molecule has 4 rings (SSSR count). The van der Waals surface area contributed by atoms with Crippen LogP contribution in [0.1, 0.15) is 16.8 Å². The first-order valence-corrected chi connectivity index (χ1v) is 9.64. The van der Waals surface area contributed by atoms with E-state index in [1.807, 2.05) is 41.3 Å². The molecule has 1 aliphatic rings. The number of methoxy groups -OCH3 is 1. The van der Waals surface area contributed by atoms with Gasteiger partial charge in [-0.05, 0) is 59.6 Å². The lowest BCUT2D eigenvalue weighted by atomic mass is 9.98. The van der Waals surface area contributed by atoms with Crippen molar-refractivity contribution in [1.29, 1.82) is 0 Å². The number of hydrogen-bond acceptors (Lipinski definition) is 3.